The Labute approximate surface area is 152 Å². The van der Waals surface area contributed by atoms with E-state index in [2.05, 4.69) is 0 Å². The van der Waals surface area contributed by atoms with E-state index in [1.54, 1.807) is 24.3 Å². The molecule has 0 aliphatic carbocycles. The summed E-state index contributed by atoms with van der Waals surface area (Å²) in [5, 5.41) is 0. The van der Waals surface area contributed by atoms with Gasteiger partial charge in [-0.1, -0.05) is 48.9 Å². The van der Waals surface area contributed by atoms with Gasteiger partial charge in [0.1, 0.15) is 6.61 Å². The van der Waals surface area contributed by atoms with Gasteiger partial charge in [0.05, 0.1) is 11.1 Å². The second-order valence-electron chi connectivity index (χ2n) is 6.26. The first-order valence-corrected chi connectivity index (χ1v) is 8.81. The second kappa shape index (κ2) is 8.43. The van der Waals surface area contributed by atoms with E-state index in [0.717, 1.165) is 12.0 Å². The van der Waals surface area contributed by atoms with Crippen LogP contribution in [0.5, 0.6) is 0 Å². The zero-order valence-corrected chi connectivity index (χ0v) is 14.5. The lowest BCUT2D eigenvalue weighted by atomic mass is 10.1. The number of imide groups is 1. The maximum Gasteiger partial charge on any atom is 0.306 e. The van der Waals surface area contributed by atoms with Crippen molar-refractivity contribution in [1.29, 1.82) is 0 Å². The number of hydrogen-bond acceptors (Lipinski definition) is 4. The first kappa shape index (κ1) is 17.9. The van der Waals surface area contributed by atoms with Crippen LogP contribution in [0.25, 0.3) is 0 Å². The zero-order chi connectivity index (χ0) is 18.4. The molecule has 0 bridgehead atoms. The Balaban J connectivity index is 1.34. The van der Waals surface area contributed by atoms with Gasteiger partial charge in [-0.15, -0.1) is 0 Å². The Bertz CT molecular complexity index is 766. The Morgan fingerprint density at radius 1 is 0.808 bits per heavy atom. The number of rotatable bonds is 8. The maximum absolute atomic E-state index is 12.2. The summed E-state index contributed by atoms with van der Waals surface area (Å²) in [6.07, 6.45) is 2.46. The molecule has 0 aromatic heterocycles. The highest BCUT2D eigenvalue weighted by Gasteiger charge is 2.34. The molecule has 0 spiro atoms. The fraction of sp³-hybridized carbons (Fsp3) is 0.286. The van der Waals surface area contributed by atoms with E-state index in [1.807, 2.05) is 30.3 Å². The Hall–Kier alpha value is -2.95. The standard InChI is InChI=1S/C21H21NO4/c23-19(26-15-16-9-3-1-4-10-16)13-5-2-8-14-22-20(24)17-11-6-7-12-18(17)21(22)25/h1,3-4,6-7,9-12H,2,5,8,13-15H2. The summed E-state index contributed by atoms with van der Waals surface area (Å²) in [5.41, 5.74) is 1.91. The quantitative estimate of drug-likeness (QED) is 0.414. The number of esters is 1. The predicted octanol–water partition coefficient (Wildman–Crippen LogP) is 3.59. The number of nitrogens with zero attached hydrogens (tertiary/aromatic N) is 1. The van der Waals surface area contributed by atoms with Crippen molar-refractivity contribution in [1.82, 2.24) is 4.90 Å². The van der Waals surface area contributed by atoms with Gasteiger partial charge in [-0.25, -0.2) is 0 Å². The molecule has 0 N–H and O–H groups in total. The maximum atomic E-state index is 12.2. The molecule has 26 heavy (non-hydrogen) atoms. The van der Waals surface area contributed by atoms with Crippen LogP contribution in [-0.2, 0) is 16.1 Å². The molecule has 2 amide bonds. The van der Waals surface area contributed by atoms with Crippen molar-refractivity contribution in [2.24, 2.45) is 0 Å². The molecule has 2 aromatic rings. The lowest BCUT2D eigenvalue weighted by molar-refractivity contribution is -0.145. The number of carbonyl (C=O) groups excluding carboxylic acids is 3. The fourth-order valence-corrected chi connectivity index (χ4v) is 2.97. The van der Waals surface area contributed by atoms with Crippen molar-refractivity contribution in [2.45, 2.75) is 32.3 Å². The van der Waals surface area contributed by atoms with Crippen LogP contribution in [0.4, 0.5) is 0 Å². The third kappa shape index (κ3) is 4.17. The lowest BCUT2D eigenvalue weighted by Crippen LogP contribution is -2.30. The number of benzene rings is 2. The Morgan fingerprint density at radius 2 is 1.42 bits per heavy atom. The Morgan fingerprint density at radius 3 is 2.08 bits per heavy atom. The summed E-state index contributed by atoms with van der Waals surface area (Å²) in [5.74, 6) is -0.685. The molecule has 0 radical (unpaired) electrons. The molecule has 0 saturated carbocycles. The molecule has 0 atom stereocenters. The number of amides is 2. The molecular formula is C21H21NO4. The van der Waals surface area contributed by atoms with Crippen LogP contribution in [0, 0.1) is 0 Å². The minimum atomic E-state index is -0.229. The van der Waals surface area contributed by atoms with Crippen molar-refractivity contribution in [2.75, 3.05) is 6.54 Å². The highest BCUT2D eigenvalue weighted by atomic mass is 16.5. The van der Waals surface area contributed by atoms with E-state index in [1.165, 1.54) is 4.90 Å². The minimum Gasteiger partial charge on any atom is -0.461 e. The van der Waals surface area contributed by atoms with Gasteiger partial charge in [-0.2, -0.15) is 0 Å². The molecule has 0 fully saturated rings. The Kier molecular flexibility index (Phi) is 5.79. The summed E-state index contributed by atoms with van der Waals surface area (Å²) < 4.78 is 5.23. The molecule has 1 aliphatic rings. The van der Waals surface area contributed by atoms with Gasteiger partial charge in [0.25, 0.3) is 11.8 Å². The largest absolute Gasteiger partial charge is 0.461 e. The predicted molar refractivity (Wildman–Crippen MR) is 96.5 cm³/mol. The lowest BCUT2D eigenvalue weighted by Gasteiger charge is -2.13. The van der Waals surface area contributed by atoms with E-state index < -0.39 is 0 Å². The van der Waals surface area contributed by atoms with Gasteiger partial charge in [0.2, 0.25) is 0 Å². The van der Waals surface area contributed by atoms with Crippen molar-refractivity contribution in [3.8, 4) is 0 Å². The van der Waals surface area contributed by atoms with Crippen LogP contribution < -0.4 is 0 Å². The van der Waals surface area contributed by atoms with Crippen molar-refractivity contribution in [3.63, 3.8) is 0 Å². The highest BCUT2D eigenvalue weighted by Crippen LogP contribution is 2.22. The molecule has 3 rings (SSSR count). The number of unbranched alkanes of at least 4 members (excludes halogenated alkanes) is 2. The SMILES string of the molecule is O=C(CCCCCN1C(=O)c2ccccc2C1=O)OCc1ccccc1. The van der Waals surface area contributed by atoms with Gasteiger partial charge in [-0.05, 0) is 30.5 Å². The van der Waals surface area contributed by atoms with Gasteiger partial charge in [0, 0.05) is 13.0 Å². The zero-order valence-electron chi connectivity index (χ0n) is 14.5. The number of carbonyl (C=O) groups is 3. The molecule has 5 heteroatoms. The van der Waals surface area contributed by atoms with E-state index in [-0.39, 0.29) is 24.4 Å². The highest BCUT2D eigenvalue weighted by molar-refractivity contribution is 6.21. The normalized spacial score (nSPS) is 13.0. The number of fused-ring (bicyclic) bond motifs is 1. The number of ether oxygens (including phenoxy) is 1. The van der Waals surface area contributed by atoms with Gasteiger partial charge >= 0.3 is 5.97 Å². The van der Waals surface area contributed by atoms with E-state index in [9.17, 15) is 14.4 Å². The third-order valence-electron chi connectivity index (χ3n) is 4.38. The van der Waals surface area contributed by atoms with Gasteiger partial charge < -0.3 is 4.74 Å². The van der Waals surface area contributed by atoms with Crippen LogP contribution in [0.15, 0.2) is 54.6 Å². The summed E-state index contributed by atoms with van der Waals surface area (Å²) >= 11 is 0. The summed E-state index contributed by atoms with van der Waals surface area (Å²) in [7, 11) is 0. The molecule has 0 unspecified atom stereocenters. The van der Waals surface area contributed by atoms with Crippen LogP contribution in [0.1, 0.15) is 52.0 Å². The average molecular weight is 351 g/mol. The van der Waals surface area contributed by atoms with Crippen LogP contribution in [0.3, 0.4) is 0 Å². The van der Waals surface area contributed by atoms with Gasteiger partial charge in [0.15, 0.2) is 0 Å². The summed E-state index contributed by atoms with van der Waals surface area (Å²) in [4.78, 5) is 37.5. The second-order valence-corrected chi connectivity index (χ2v) is 6.26. The molecule has 1 heterocycles. The van der Waals surface area contributed by atoms with Gasteiger partial charge in [-0.3, -0.25) is 19.3 Å². The fourth-order valence-electron chi connectivity index (χ4n) is 2.97. The molecule has 1 aliphatic heterocycles. The van der Waals surface area contributed by atoms with Crippen molar-refractivity contribution >= 4 is 17.8 Å². The van der Waals surface area contributed by atoms with E-state index >= 15 is 0 Å². The first-order valence-electron chi connectivity index (χ1n) is 8.81. The number of hydrogen-bond donors (Lipinski definition) is 0. The summed E-state index contributed by atoms with van der Waals surface area (Å²) in [6, 6.07) is 16.4. The third-order valence-corrected chi connectivity index (χ3v) is 4.38. The monoisotopic (exact) mass is 351 g/mol. The molecule has 0 saturated heterocycles. The van der Waals surface area contributed by atoms with Crippen molar-refractivity contribution < 1.29 is 19.1 Å². The van der Waals surface area contributed by atoms with Crippen LogP contribution in [-0.4, -0.2) is 29.2 Å². The van der Waals surface area contributed by atoms with Crippen LogP contribution in [0.2, 0.25) is 0 Å². The molecule has 5 nitrogen and oxygen atoms in total. The molecular weight excluding hydrogens is 330 g/mol. The molecule has 2 aromatic carbocycles. The van der Waals surface area contributed by atoms with Crippen molar-refractivity contribution in [3.05, 3.63) is 71.3 Å². The average Bonchev–Trinajstić information content (AvgIpc) is 2.92. The van der Waals surface area contributed by atoms with E-state index in [0.29, 0.717) is 36.9 Å². The van der Waals surface area contributed by atoms with Crippen LogP contribution >= 0.6 is 0 Å². The summed E-state index contributed by atoms with van der Waals surface area (Å²) in [6.45, 7) is 0.667. The minimum absolute atomic E-state index is 0.227. The smallest absolute Gasteiger partial charge is 0.306 e. The topological polar surface area (TPSA) is 63.7 Å². The van der Waals surface area contributed by atoms with E-state index in [4.69, 9.17) is 4.74 Å². The first-order chi connectivity index (χ1) is 12.7. The molecule has 134 valence electrons.